The van der Waals surface area contributed by atoms with Crippen molar-refractivity contribution in [3.63, 3.8) is 0 Å². The highest BCUT2D eigenvalue weighted by Gasteiger charge is 2.54. The van der Waals surface area contributed by atoms with Gasteiger partial charge in [-0.3, -0.25) is 0 Å². The fraction of sp³-hybridized carbons (Fsp3) is 0.700. The molecule has 0 aliphatic carbocycles. The highest BCUT2D eigenvalue weighted by Crippen LogP contribution is 2.48. The van der Waals surface area contributed by atoms with Crippen LogP contribution in [0.2, 0.25) is 0 Å². The van der Waals surface area contributed by atoms with E-state index < -0.39 is 27.3 Å². The zero-order valence-electron chi connectivity index (χ0n) is 17.6. The largest absolute Gasteiger partial charge is 0.598 e. The molecule has 3 heterocycles. The SMILES string of the molecule is CC(C)(C)OC(=O)N1CCC2(CC1)Oc1ncccc1[C@H]2N[S+]([O-])C(C)(C)C. The first-order valence-corrected chi connectivity index (χ1v) is 10.9. The van der Waals surface area contributed by atoms with E-state index in [1.165, 1.54) is 0 Å². The summed E-state index contributed by atoms with van der Waals surface area (Å²) in [7, 11) is 0. The number of piperidine rings is 1. The van der Waals surface area contributed by atoms with E-state index in [-0.39, 0.29) is 12.1 Å². The molecule has 7 nitrogen and oxygen atoms in total. The summed E-state index contributed by atoms with van der Waals surface area (Å²) in [4.78, 5) is 18.5. The second-order valence-electron chi connectivity index (χ2n) is 9.46. The van der Waals surface area contributed by atoms with E-state index in [1.807, 2.05) is 53.7 Å². The lowest BCUT2D eigenvalue weighted by molar-refractivity contribution is -0.0217. The number of ether oxygens (including phenoxy) is 2. The average Bonchev–Trinajstić information content (AvgIpc) is 2.86. The molecule has 1 spiro atoms. The summed E-state index contributed by atoms with van der Waals surface area (Å²) < 4.78 is 27.5. The molecule has 2 aliphatic rings. The Morgan fingerprint density at radius 3 is 2.54 bits per heavy atom. The van der Waals surface area contributed by atoms with Crippen LogP contribution in [0.4, 0.5) is 4.79 Å². The van der Waals surface area contributed by atoms with Crippen LogP contribution in [0.25, 0.3) is 0 Å². The van der Waals surface area contributed by atoms with Crippen molar-refractivity contribution in [2.24, 2.45) is 0 Å². The topological polar surface area (TPSA) is 86.8 Å². The molecule has 28 heavy (non-hydrogen) atoms. The zero-order chi connectivity index (χ0) is 20.7. The summed E-state index contributed by atoms with van der Waals surface area (Å²) >= 11 is -1.26. The number of nitrogens with zero attached hydrogens (tertiary/aromatic N) is 2. The van der Waals surface area contributed by atoms with Crippen molar-refractivity contribution in [1.82, 2.24) is 14.6 Å². The first-order valence-electron chi connectivity index (χ1n) is 9.71. The van der Waals surface area contributed by atoms with Gasteiger partial charge < -0.3 is 18.9 Å². The number of hydrogen-bond donors (Lipinski definition) is 1. The number of likely N-dealkylation sites (tertiary alicyclic amines) is 1. The van der Waals surface area contributed by atoms with E-state index in [4.69, 9.17) is 9.47 Å². The highest BCUT2D eigenvalue weighted by molar-refractivity contribution is 7.90. The Bertz CT molecular complexity index is 721. The number of nitrogens with one attached hydrogen (secondary N) is 1. The van der Waals surface area contributed by atoms with Crippen LogP contribution in [-0.4, -0.2) is 49.6 Å². The van der Waals surface area contributed by atoms with Gasteiger partial charge >= 0.3 is 6.09 Å². The summed E-state index contributed by atoms with van der Waals surface area (Å²) in [6.07, 6.45) is 2.62. The van der Waals surface area contributed by atoms with Crippen LogP contribution in [0.1, 0.15) is 66.0 Å². The molecule has 2 aliphatic heterocycles. The Kier molecular flexibility index (Phi) is 5.59. The van der Waals surface area contributed by atoms with Crippen molar-refractivity contribution in [1.29, 1.82) is 0 Å². The second kappa shape index (κ2) is 7.39. The molecule has 1 unspecified atom stereocenters. The third kappa shape index (κ3) is 4.39. The van der Waals surface area contributed by atoms with Gasteiger partial charge in [-0.15, -0.1) is 4.72 Å². The highest BCUT2D eigenvalue weighted by atomic mass is 32.2. The van der Waals surface area contributed by atoms with Crippen molar-refractivity contribution in [3.05, 3.63) is 23.9 Å². The third-order valence-corrected chi connectivity index (χ3v) is 6.54. The monoisotopic (exact) mass is 409 g/mol. The molecular weight excluding hydrogens is 378 g/mol. The fourth-order valence-electron chi connectivity index (χ4n) is 3.48. The van der Waals surface area contributed by atoms with Gasteiger partial charge in [0.05, 0.1) is 0 Å². The van der Waals surface area contributed by atoms with E-state index >= 15 is 0 Å². The van der Waals surface area contributed by atoms with Crippen LogP contribution in [-0.2, 0) is 16.1 Å². The first-order chi connectivity index (χ1) is 12.9. The molecule has 1 aromatic rings. The molecule has 0 radical (unpaired) electrons. The Labute approximate surface area is 170 Å². The minimum Gasteiger partial charge on any atom is -0.598 e. The molecule has 1 amide bonds. The van der Waals surface area contributed by atoms with Gasteiger partial charge in [-0.2, -0.15) is 0 Å². The number of carbonyl (C=O) groups excluding carboxylic acids is 1. The smallest absolute Gasteiger partial charge is 0.410 e. The molecule has 8 heteroatoms. The summed E-state index contributed by atoms with van der Waals surface area (Å²) in [5, 5.41) is 0. The summed E-state index contributed by atoms with van der Waals surface area (Å²) in [5.74, 6) is 0.580. The van der Waals surface area contributed by atoms with Crippen LogP contribution in [0.15, 0.2) is 18.3 Å². The quantitative estimate of drug-likeness (QED) is 0.754. The van der Waals surface area contributed by atoms with E-state index in [0.717, 1.165) is 5.56 Å². The number of pyridine rings is 1. The summed E-state index contributed by atoms with van der Waals surface area (Å²) in [5.41, 5.74) is -0.175. The van der Waals surface area contributed by atoms with Gasteiger partial charge in [0.1, 0.15) is 22.0 Å². The number of fused-ring (bicyclic) bond motifs is 1. The first kappa shape index (κ1) is 21.2. The van der Waals surface area contributed by atoms with Crippen molar-refractivity contribution in [2.75, 3.05) is 13.1 Å². The van der Waals surface area contributed by atoms with Gasteiger partial charge in [-0.05, 0) is 47.6 Å². The third-order valence-electron chi connectivity index (χ3n) is 4.98. The van der Waals surface area contributed by atoms with Crippen LogP contribution in [0, 0.1) is 0 Å². The van der Waals surface area contributed by atoms with Gasteiger partial charge in [0.2, 0.25) is 5.88 Å². The Morgan fingerprint density at radius 2 is 1.96 bits per heavy atom. The van der Waals surface area contributed by atoms with Gasteiger partial charge in [-0.25, -0.2) is 9.78 Å². The van der Waals surface area contributed by atoms with Crippen molar-refractivity contribution >= 4 is 17.5 Å². The molecule has 1 N–H and O–H groups in total. The Hall–Kier alpha value is -1.51. The molecule has 1 aromatic heterocycles. The molecule has 156 valence electrons. The molecular formula is C20H31N3O4S. The van der Waals surface area contributed by atoms with Gasteiger partial charge in [-0.1, -0.05) is 6.07 Å². The number of amides is 1. The fourth-order valence-corrected chi connectivity index (χ4v) is 4.39. The Balaban J connectivity index is 1.78. The molecule has 1 fully saturated rings. The minimum atomic E-state index is -1.26. The molecule has 0 bridgehead atoms. The van der Waals surface area contributed by atoms with Crippen LogP contribution >= 0.6 is 0 Å². The number of hydrogen-bond acceptors (Lipinski definition) is 6. The van der Waals surface area contributed by atoms with Crippen LogP contribution < -0.4 is 9.46 Å². The van der Waals surface area contributed by atoms with Gasteiger partial charge in [0, 0.05) is 49.1 Å². The van der Waals surface area contributed by atoms with Gasteiger partial charge in [0.15, 0.2) is 0 Å². The maximum Gasteiger partial charge on any atom is 0.410 e. The van der Waals surface area contributed by atoms with Gasteiger partial charge in [0.25, 0.3) is 0 Å². The molecule has 0 aromatic carbocycles. The number of aromatic nitrogens is 1. The van der Waals surface area contributed by atoms with E-state index in [2.05, 4.69) is 9.71 Å². The zero-order valence-corrected chi connectivity index (χ0v) is 18.4. The van der Waals surface area contributed by atoms with E-state index in [0.29, 0.717) is 31.8 Å². The maximum atomic E-state index is 12.8. The predicted octanol–water partition coefficient (Wildman–Crippen LogP) is 3.34. The Morgan fingerprint density at radius 1 is 1.32 bits per heavy atom. The van der Waals surface area contributed by atoms with Crippen LogP contribution in [0.3, 0.4) is 0 Å². The standard InChI is InChI=1S/C20H31N3O4S/c1-18(2,3)27-17(24)23-12-9-20(10-13-23)15(22-28(25)19(4,5)6)14-8-7-11-21-16(14)26-20/h7-8,11,15,22H,9-10,12-13H2,1-6H3/t15-,28?/m1/s1. The molecule has 2 atom stereocenters. The lowest BCUT2D eigenvalue weighted by Gasteiger charge is -2.42. The van der Waals surface area contributed by atoms with Crippen LogP contribution in [0.5, 0.6) is 5.88 Å². The lowest BCUT2D eigenvalue weighted by atomic mass is 9.83. The summed E-state index contributed by atoms with van der Waals surface area (Å²) in [6, 6.07) is 3.60. The second-order valence-corrected chi connectivity index (χ2v) is 11.5. The summed E-state index contributed by atoms with van der Waals surface area (Å²) in [6.45, 7) is 12.4. The van der Waals surface area contributed by atoms with E-state index in [9.17, 15) is 9.35 Å². The molecule has 1 saturated heterocycles. The average molecular weight is 410 g/mol. The lowest BCUT2D eigenvalue weighted by Crippen LogP contribution is -2.56. The predicted molar refractivity (Wildman–Crippen MR) is 108 cm³/mol. The van der Waals surface area contributed by atoms with Crippen molar-refractivity contribution in [3.8, 4) is 5.88 Å². The number of rotatable bonds is 2. The maximum absolute atomic E-state index is 12.8. The molecule has 3 rings (SSSR count). The van der Waals surface area contributed by atoms with Crippen molar-refractivity contribution < 1.29 is 18.8 Å². The van der Waals surface area contributed by atoms with E-state index in [1.54, 1.807) is 11.1 Å². The molecule has 0 saturated carbocycles. The normalized spacial score (nSPS) is 22.5. The minimum absolute atomic E-state index is 0.239. The van der Waals surface area contributed by atoms with Crippen molar-refractivity contribution in [2.45, 2.75) is 76.4 Å². The number of carbonyl (C=O) groups is 1.